The number of amides is 1. The van der Waals surface area contributed by atoms with E-state index in [0.29, 0.717) is 5.56 Å². The van der Waals surface area contributed by atoms with Crippen molar-refractivity contribution in [3.8, 4) is 0 Å². The van der Waals surface area contributed by atoms with Crippen LogP contribution in [-0.4, -0.2) is 33.2 Å². The van der Waals surface area contributed by atoms with Crippen molar-refractivity contribution >= 4 is 21.7 Å². The van der Waals surface area contributed by atoms with E-state index in [1.807, 2.05) is 18.2 Å². The van der Waals surface area contributed by atoms with Gasteiger partial charge >= 0.3 is 5.97 Å². The Balaban J connectivity index is 1.64. The molecule has 1 N–H and O–H groups in total. The molecule has 2 aromatic carbocycles. The van der Waals surface area contributed by atoms with E-state index < -0.39 is 22.4 Å². The fraction of sp³-hybridized carbons (Fsp3) is 0.333. The van der Waals surface area contributed by atoms with E-state index in [9.17, 15) is 18.0 Å². The van der Waals surface area contributed by atoms with Crippen LogP contribution in [0.25, 0.3) is 0 Å². The molecule has 0 aromatic heterocycles. The topological polar surface area (TPSA) is 89.5 Å². The molecule has 0 bridgehead atoms. The molecule has 0 fully saturated rings. The van der Waals surface area contributed by atoms with Crippen molar-refractivity contribution < 1.29 is 22.7 Å². The first-order chi connectivity index (χ1) is 13.3. The minimum absolute atomic E-state index is 0.0355. The molecule has 0 radical (unpaired) electrons. The van der Waals surface area contributed by atoms with E-state index in [1.54, 1.807) is 13.0 Å². The van der Waals surface area contributed by atoms with E-state index in [-0.39, 0.29) is 22.4 Å². The van der Waals surface area contributed by atoms with Gasteiger partial charge in [0.15, 0.2) is 16.4 Å². The van der Waals surface area contributed by atoms with E-state index in [1.165, 1.54) is 17.7 Å². The maximum absolute atomic E-state index is 12.3. The van der Waals surface area contributed by atoms with Crippen molar-refractivity contribution in [1.29, 1.82) is 0 Å². The van der Waals surface area contributed by atoms with Gasteiger partial charge in [0.25, 0.3) is 5.91 Å². The lowest BCUT2D eigenvalue weighted by Crippen LogP contribution is -2.34. The van der Waals surface area contributed by atoms with Gasteiger partial charge in [-0.05, 0) is 55.0 Å². The molecule has 1 aliphatic carbocycles. The van der Waals surface area contributed by atoms with Gasteiger partial charge in [-0.1, -0.05) is 30.3 Å². The third-order valence-electron chi connectivity index (χ3n) is 4.90. The lowest BCUT2D eigenvalue weighted by Gasteiger charge is -2.26. The van der Waals surface area contributed by atoms with Crippen molar-refractivity contribution in [3.05, 3.63) is 64.7 Å². The second kappa shape index (κ2) is 8.14. The van der Waals surface area contributed by atoms with Crippen molar-refractivity contribution in [1.82, 2.24) is 5.32 Å². The molecule has 0 saturated heterocycles. The minimum atomic E-state index is -3.44. The maximum Gasteiger partial charge on any atom is 0.338 e. The lowest BCUT2D eigenvalue weighted by molar-refractivity contribution is -0.125. The summed E-state index contributed by atoms with van der Waals surface area (Å²) in [6, 6.07) is 12.2. The Morgan fingerprint density at radius 3 is 2.68 bits per heavy atom. The van der Waals surface area contributed by atoms with Crippen molar-refractivity contribution in [2.24, 2.45) is 0 Å². The molecule has 3 rings (SSSR count). The van der Waals surface area contributed by atoms with Crippen molar-refractivity contribution in [2.45, 2.75) is 37.1 Å². The molecule has 0 heterocycles. The van der Waals surface area contributed by atoms with Crippen LogP contribution in [0, 0.1) is 6.92 Å². The van der Waals surface area contributed by atoms with Crippen LogP contribution < -0.4 is 5.32 Å². The number of carbonyl (C=O) groups excluding carboxylic acids is 2. The summed E-state index contributed by atoms with van der Waals surface area (Å²) in [5, 5.41) is 2.92. The first-order valence-corrected chi connectivity index (χ1v) is 11.0. The van der Waals surface area contributed by atoms with Crippen LogP contribution >= 0.6 is 0 Å². The SMILES string of the molecule is Cc1ccc(S(C)(=O)=O)cc1C(=O)OCC(=O)N[C@H]1CCCc2ccccc21. The Hall–Kier alpha value is -2.67. The molecule has 7 heteroatoms. The number of sulfone groups is 1. The highest BCUT2D eigenvalue weighted by Gasteiger charge is 2.22. The molecule has 0 saturated carbocycles. The minimum Gasteiger partial charge on any atom is -0.452 e. The monoisotopic (exact) mass is 401 g/mol. The van der Waals surface area contributed by atoms with Crippen LogP contribution in [0.15, 0.2) is 47.4 Å². The smallest absolute Gasteiger partial charge is 0.338 e. The van der Waals surface area contributed by atoms with Crippen LogP contribution in [0.3, 0.4) is 0 Å². The number of ether oxygens (including phenoxy) is 1. The average molecular weight is 401 g/mol. The number of hydrogen-bond donors (Lipinski definition) is 1. The first kappa shape index (κ1) is 20.1. The van der Waals surface area contributed by atoms with Crippen molar-refractivity contribution in [3.63, 3.8) is 0 Å². The third-order valence-corrected chi connectivity index (χ3v) is 6.01. The number of esters is 1. The molecular formula is C21H23NO5S. The predicted octanol–water partition coefficient (Wildman–Crippen LogP) is 2.75. The highest BCUT2D eigenvalue weighted by molar-refractivity contribution is 7.90. The molecular weight excluding hydrogens is 378 g/mol. The maximum atomic E-state index is 12.3. The summed E-state index contributed by atoms with van der Waals surface area (Å²) in [5.41, 5.74) is 3.05. The Bertz CT molecular complexity index is 1010. The molecule has 1 aliphatic rings. The zero-order valence-electron chi connectivity index (χ0n) is 15.9. The van der Waals surface area contributed by atoms with Crippen molar-refractivity contribution in [2.75, 3.05) is 12.9 Å². The average Bonchev–Trinajstić information content (AvgIpc) is 2.66. The molecule has 0 unspecified atom stereocenters. The molecule has 28 heavy (non-hydrogen) atoms. The Kier molecular flexibility index (Phi) is 5.84. The van der Waals surface area contributed by atoms with Gasteiger partial charge in [-0.2, -0.15) is 0 Å². The molecule has 1 atom stereocenters. The zero-order valence-corrected chi connectivity index (χ0v) is 16.7. The van der Waals surface area contributed by atoms with Gasteiger partial charge in [0.05, 0.1) is 16.5 Å². The number of carbonyl (C=O) groups is 2. The van der Waals surface area contributed by atoms with Gasteiger partial charge in [-0.3, -0.25) is 4.79 Å². The molecule has 6 nitrogen and oxygen atoms in total. The van der Waals surface area contributed by atoms with E-state index >= 15 is 0 Å². The standard InChI is InChI=1S/C21H23NO5S/c1-14-10-11-16(28(2,25)26)12-18(14)21(24)27-13-20(23)22-19-9-5-7-15-6-3-4-8-17(15)19/h3-4,6,8,10-12,19H,5,7,9,13H2,1-2H3,(H,22,23)/t19-/m0/s1. The van der Waals surface area contributed by atoms with E-state index in [4.69, 9.17) is 4.74 Å². The quantitative estimate of drug-likeness (QED) is 0.778. The fourth-order valence-electron chi connectivity index (χ4n) is 3.40. The van der Waals surface area contributed by atoms with E-state index in [0.717, 1.165) is 31.1 Å². The molecule has 0 aliphatic heterocycles. The largest absolute Gasteiger partial charge is 0.452 e. The highest BCUT2D eigenvalue weighted by atomic mass is 32.2. The predicted molar refractivity (Wildman–Crippen MR) is 105 cm³/mol. The Labute approximate surface area is 164 Å². The first-order valence-electron chi connectivity index (χ1n) is 9.10. The van der Waals surface area contributed by atoms with Crippen LogP contribution in [0.2, 0.25) is 0 Å². The van der Waals surface area contributed by atoms with Gasteiger partial charge in [0.2, 0.25) is 0 Å². The number of nitrogens with one attached hydrogen (secondary N) is 1. The van der Waals surface area contributed by atoms with Crippen LogP contribution in [0.5, 0.6) is 0 Å². The number of rotatable bonds is 5. The summed E-state index contributed by atoms with van der Waals surface area (Å²) in [4.78, 5) is 24.7. The summed E-state index contributed by atoms with van der Waals surface area (Å²) >= 11 is 0. The summed E-state index contributed by atoms with van der Waals surface area (Å²) in [5.74, 6) is -1.10. The fourth-order valence-corrected chi connectivity index (χ4v) is 4.05. The zero-order chi connectivity index (χ0) is 20.3. The normalized spacial score (nSPS) is 16.1. The summed E-state index contributed by atoms with van der Waals surface area (Å²) in [6.45, 7) is 1.27. The number of aryl methyl sites for hydroxylation is 2. The van der Waals surface area contributed by atoms with Gasteiger partial charge in [0, 0.05) is 6.26 Å². The Morgan fingerprint density at radius 1 is 1.18 bits per heavy atom. The highest BCUT2D eigenvalue weighted by Crippen LogP contribution is 2.29. The number of fused-ring (bicyclic) bond motifs is 1. The molecule has 148 valence electrons. The van der Waals surface area contributed by atoms with Crippen LogP contribution in [-0.2, 0) is 25.8 Å². The molecule has 2 aromatic rings. The van der Waals surface area contributed by atoms with Crippen LogP contribution in [0.1, 0.15) is 45.9 Å². The Morgan fingerprint density at radius 2 is 1.93 bits per heavy atom. The lowest BCUT2D eigenvalue weighted by atomic mass is 9.88. The second-order valence-electron chi connectivity index (χ2n) is 7.04. The summed E-state index contributed by atoms with van der Waals surface area (Å²) < 4.78 is 28.5. The second-order valence-corrected chi connectivity index (χ2v) is 9.05. The van der Waals surface area contributed by atoms with Gasteiger partial charge in [0.1, 0.15) is 0 Å². The summed E-state index contributed by atoms with van der Waals surface area (Å²) in [7, 11) is -3.44. The van der Waals surface area contributed by atoms with Gasteiger partial charge in [-0.15, -0.1) is 0 Å². The number of hydrogen-bond acceptors (Lipinski definition) is 5. The molecule has 0 spiro atoms. The van der Waals surface area contributed by atoms with E-state index in [2.05, 4.69) is 11.4 Å². The van der Waals surface area contributed by atoms with Gasteiger partial charge in [-0.25, -0.2) is 13.2 Å². The van der Waals surface area contributed by atoms with Gasteiger partial charge < -0.3 is 10.1 Å². The third kappa shape index (κ3) is 4.59. The number of benzene rings is 2. The van der Waals surface area contributed by atoms with Crippen LogP contribution in [0.4, 0.5) is 0 Å². The molecule has 1 amide bonds. The summed E-state index contributed by atoms with van der Waals surface area (Å²) in [6.07, 6.45) is 3.89.